The van der Waals surface area contributed by atoms with Crippen LogP contribution < -0.4 is 10.6 Å². The molecule has 0 radical (unpaired) electrons. The number of hydrogen-bond donors (Lipinski definition) is 2. The van der Waals surface area contributed by atoms with Crippen molar-refractivity contribution in [3.05, 3.63) is 11.6 Å². The van der Waals surface area contributed by atoms with Crippen LogP contribution in [0, 0.1) is 12.8 Å². The number of ether oxygens (including phenoxy) is 2. The summed E-state index contributed by atoms with van der Waals surface area (Å²) in [6.45, 7) is 12.8. The van der Waals surface area contributed by atoms with Gasteiger partial charge < -0.3 is 24.7 Å². The van der Waals surface area contributed by atoms with Gasteiger partial charge in [-0.1, -0.05) is 26.7 Å². The Morgan fingerprint density at radius 1 is 1.20 bits per heavy atom. The lowest BCUT2D eigenvalue weighted by atomic mass is 9.92. The molecule has 0 amide bonds. The summed E-state index contributed by atoms with van der Waals surface area (Å²) in [6, 6.07) is 0.459. The largest absolute Gasteiger partial charge is 0.383 e. The molecule has 0 aromatic carbocycles. The van der Waals surface area contributed by atoms with E-state index in [1.165, 1.54) is 12.8 Å². The summed E-state index contributed by atoms with van der Waals surface area (Å²) in [5.41, 5.74) is 0. The first-order valence-electron chi connectivity index (χ1n) is 10.8. The topological polar surface area (TPSA) is 88.8 Å². The van der Waals surface area contributed by atoms with E-state index in [2.05, 4.69) is 39.6 Å². The van der Waals surface area contributed by atoms with Crippen molar-refractivity contribution in [2.24, 2.45) is 18.0 Å². The summed E-state index contributed by atoms with van der Waals surface area (Å²) in [5.74, 6) is 3.16. The predicted molar refractivity (Wildman–Crippen MR) is 130 cm³/mol. The number of hydrogen-bond acceptors (Lipinski definition) is 6. The van der Waals surface area contributed by atoms with E-state index < -0.39 is 0 Å². The monoisotopic (exact) mass is 537 g/mol. The fourth-order valence-corrected chi connectivity index (χ4v) is 3.72. The van der Waals surface area contributed by atoms with Crippen molar-refractivity contribution in [2.45, 2.75) is 46.2 Å². The number of aryl methyl sites for hydroxylation is 1. The number of guanidine groups is 1. The molecule has 9 nitrogen and oxygen atoms in total. The van der Waals surface area contributed by atoms with Crippen molar-refractivity contribution in [1.82, 2.24) is 30.3 Å². The predicted octanol–water partition coefficient (Wildman–Crippen LogP) is 1.56. The van der Waals surface area contributed by atoms with E-state index >= 15 is 0 Å². The van der Waals surface area contributed by atoms with Gasteiger partial charge in [-0.3, -0.25) is 4.90 Å². The Bertz CT molecular complexity index is 616. The fourth-order valence-electron chi connectivity index (χ4n) is 3.72. The minimum Gasteiger partial charge on any atom is -0.383 e. The molecule has 10 heteroatoms. The molecule has 1 unspecified atom stereocenters. The number of methoxy groups -OCH3 is 1. The number of morpholine rings is 1. The van der Waals surface area contributed by atoms with Crippen LogP contribution in [0.3, 0.4) is 0 Å². The van der Waals surface area contributed by atoms with Gasteiger partial charge in [0, 0.05) is 46.4 Å². The smallest absolute Gasteiger partial charge is 0.191 e. The quantitative estimate of drug-likeness (QED) is 0.192. The van der Waals surface area contributed by atoms with Crippen molar-refractivity contribution in [2.75, 3.05) is 53.1 Å². The lowest BCUT2D eigenvalue weighted by Gasteiger charge is -2.39. The molecule has 2 N–H and O–H groups in total. The molecular formula is C20H40IN7O2. The third-order valence-corrected chi connectivity index (χ3v) is 5.75. The Hall–Kier alpha value is -0.980. The van der Waals surface area contributed by atoms with Crippen LogP contribution in [0.2, 0.25) is 0 Å². The molecule has 1 fully saturated rings. The first-order valence-corrected chi connectivity index (χ1v) is 10.8. The molecule has 1 aromatic rings. The first-order chi connectivity index (χ1) is 14.1. The van der Waals surface area contributed by atoms with Crippen LogP contribution in [-0.2, 0) is 23.1 Å². The van der Waals surface area contributed by atoms with E-state index in [-0.39, 0.29) is 24.0 Å². The van der Waals surface area contributed by atoms with Gasteiger partial charge >= 0.3 is 0 Å². The van der Waals surface area contributed by atoms with Gasteiger partial charge in [0.15, 0.2) is 11.8 Å². The van der Waals surface area contributed by atoms with Crippen LogP contribution in [0.15, 0.2) is 4.99 Å². The number of rotatable bonds is 11. The molecule has 1 atom stereocenters. The lowest BCUT2D eigenvalue weighted by molar-refractivity contribution is 0.00271. The van der Waals surface area contributed by atoms with Crippen LogP contribution in [0.5, 0.6) is 0 Å². The molecule has 174 valence electrons. The van der Waals surface area contributed by atoms with E-state index in [9.17, 15) is 0 Å². The van der Waals surface area contributed by atoms with E-state index in [0.29, 0.717) is 31.7 Å². The summed E-state index contributed by atoms with van der Waals surface area (Å²) >= 11 is 0. The molecule has 1 aromatic heterocycles. The molecule has 1 aliphatic rings. The molecule has 0 bridgehead atoms. The van der Waals surface area contributed by atoms with Crippen molar-refractivity contribution in [3.8, 4) is 0 Å². The maximum atomic E-state index is 5.56. The molecule has 2 heterocycles. The Balaban J connectivity index is 0.00000450. The molecular weight excluding hydrogens is 497 g/mol. The van der Waals surface area contributed by atoms with Gasteiger partial charge in [-0.2, -0.15) is 0 Å². The minimum atomic E-state index is 0. The zero-order chi connectivity index (χ0) is 21.1. The molecule has 2 rings (SSSR count). The summed E-state index contributed by atoms with van der Waals surface area (Å²) < 4.78 is 12.7. The van der Waals surface area contributed by atoms with Crippen LogP contribution in [0.1, 0.15) is 38.3 Å². The highest BCUT2D eigenvalue weighted by molar-refractivity contribution is 14.0. The minimum absolute atomic E-state index is 0. The standard InChI is InChI=1S/C20H39N7O2.HI/c1-6-17(7-2)18(27-9-12-29-13-10-27)14-22-20(21-8-11-28-5)23-15-19-25-24-16(3)26(19)4;/h17-18H,6-15H2,1-5H3,(H2,21,22,23);1H. The average Bonchev–Trinajstić information content (AvgIpc) is 3.07. The highest BCUT2D eigenvalue weighted by Gasteiger charge is 2.27. The average molecular weight is 537 g/mol. The molecule has 0 saturated carbocycles. The second-order valence-electron chi connectivity index (χ2n) is 7.48. The maximum Gasteiger partial charge on any atom is 0.191 e. The van der Waals surface area contributed by atoms with Gasteiger partial charge in [-0.15, -0.1) is 34.2 Å². The van der Waals surface area contributed by atoms with E-state index in [0.717, 1.165) is 50.5 Å². The first kappa shape index (κ1) is 27.1. The van der Waals surface area contributed by atoms with E-state index in [4.69, 9.17) is 14.5 Å². The zero-order valence-corrected chi connectivity index (χ0v) is 21.5. The summed E-state index contributed by atoms with van der Waals surface area (Å²) in [4.78, 5) is 7.30. The van der Waals surface area contributed by atoms with Crippen molar-refractivity contribution in [1.29, 1.82) is 0 Å². The molecule has 1 aliphatic heterocycles. The van der Waals surface area contributed by atoms with Gasteiger partial charge in [-0.25, -0.2) is 4.99 Å². The second-order valence-corrected chi connectivity index (χ2v) is 7.48. The molecule has 1 saturated heterocycles. The molecule has 0 spiro atoms. The van der Waals surface area contributed by atoms with Crippen LogP contribution in [0.25, 0.3) is 0 Å². The second kappa shape index (κ2) is 14.9. The highest BCUT2D eigenvalue weighted by atomic mass is 127. The van der Waals surface area contributed by atoms with Gasteiger partial charge in [0.2, 0.25) is 0 Å². The highest BCUT2D eigenvalue weighted by Crippen LogP contribution is 2.19. The molecule has 30 heavy (non-hydrogen) atoms. The summed E-state index contributed by atoms with van der Waals surface area (Å²) in [7, 11) is 3.67. The van der Waals surface area contributed by atoms with Crippen molar-refractivity contribution < 1.29 is 9.47 Å². The summed E-state index contributed by atoms with van der Waals surface area (Å²) in [5, 5.41) is 15.3. The van der Waals surface area contributed by atoms with E-state index in [1.54, 1.807) is 7.11 Å². The van der Waals surface area contributed by atoms with E-state index in [1.807, 2.05) is 18.5 Å². The van der Waals surface area contributed by atoms with Crippen molar-refractivity contribution in [3.63, 3.8) is 0 Å². The van der Waals surface area contributed by atoms with Crippen LogP contribution in [-0.4, -0.2) is 84.8 Å². The lowest BCUT2D eigenvalue weighted by Crippen LogP contribution is -2.53. The third-order valence-electron chi connectivity index (χ3n) is 5.75. The Labute approximate surface area is 198 Å². The van der Waals surface area contributed by atoms with Gasteiger partial charge in [-0.05, 0) is 12.8 Å². The van der Waals surface area contributed by atoms with Crippen molar-refractivity contribution >= 4 is 29.9 Å². The zero-order valence-electron chi connectivity index (χ0n) is 19.2. The SMILES string of the molecule is CCC(CC)C(CNC(=NCc1nnc(C)n1C)NCCOC)N1CCOCC1.I. The number of halogens is 1. The Kier molecular flexibility index (Phi) is 13.5. The van der Waals surface area contributed by atoms with Gasteiger partial charge in [0.25, 0.3) is 0 Å². The maximum absolute atomic E-state index is 5.56. The Morgan fingerprint density at radius 2 is 1.90 bits per heavy atom. The number of aliphatic imine (C=N–C) groups is 1. The number of aromatic nitrogens is 3. The van der Waals surface area contributed by atoms with Crippen LogP contribution >= 0.6 is 24.0 Å². The van der Waals surface area contributed by atoms with Crippen LogP contribution in [0.4, 0.5) is 0 Å². The third kappa shape index (κ3) is 8.27. The fraction of sp³-hybridized carbons (Fsp3) is 0.850. The number of nitrogens with zero attached hydrogens (tertiary/aromatic N) is 5. The Morgan fingerprint density at radius 3 is 2.47 bits per heavy atom. The van der Waals surface area contributed by atoms with Gasteiger partial charge in [0.05, 0.1) is 19.8 Å². The molecule has 0 aliphatic carbocycles. The normalized spacial score (nSPS) is 16.4. The number of nitrogens with one attached hydrogen (secondary N) is 2. The summed E-state index contributed by atoms with van der Waals surface area (Å²) in [6.07, 6.45) is 2.34. The van der Waals surface area contributed by atoms with Gasteiger partial charge in [0.1, 0.15) is 12.4 Å².